The van der Waals surface area contributed by atoms with E-state index in [4.69, 9.17) is 11.6 Å². The largest absolute Gasteiger partial charge is 0.351 e. The van der Waals surface area contributed by atoms with Gasteiger partial charge in [0.05, 0.1) is 11.2 Å². The number of hydrogen-bond donors (Lipinski definition) is 2. The zero-order chi connectivity index (χ0) is 8.97. The van der Waals surface area contributed by atoms with E-state index in [0.717, 1.165) is 6.42 Å². The summed E-state index contributed by atoms with van der Waals surface area (Å²) in [5, 5.41) is 9.18. The van der Waals surface area contributed by atoms with E-state index < -0.39 is 0 Å². The van der Waals surface area contributed by atoms with Crippen molar-refractivity contribution in [2.45, 2.75) is 13.3 Å². The SMILES string of the molecule is CCCNC(=O)c1[nH]ncc1Cl. The highest BCUT2D eigenvalue weighted by molar-refractivity contribution is 6.33. The van der Waals surface area contributed by atoms with Gasteiger partial charge in [0, 0.05) is 6.54 Å². The van der Waals surface area contributed by atoms with Gasteiger partial charge in [0.25, 0.3) is 5.91 Å². The average Bonchev–Trinajstić information content (AvgIpc) is 2.47. The summed E-state index contributed by atoms with van der Waals surface area (Å²) in [7, 11) is 0. The van der Waals surface area contributed by atoms with E-state index in [-0.39, 0.29) is 5.91 Å². The molecule has 0 radical (unpaired) electrons. The zero-order valence-corrected chi connectivity index (χ0v) is 7.48. The van der Waals surface area contributed by atoms with Gasteiger partial charge in [0.1, 0.15) is 5.69 Å². The highest BCUT2D eigenvalue weighted by atomic mass is 35.5. The van der Waals surface area contributed by atoms with Gasteiger partial charge in [-0.2, -0.15) is 5.10 Å². The second-order valence-electron chi connectivity index (χ2n) is 2.35. The summed E-state index contributed by atoms with van der Waals surface area (Å²) in [5.74, 6) is -0.209. The lowest BCUT2D eigenvalue weighted by atomic mass is 10.4. The van der Waals surface area contributed by atoms with E-state index in [9.17, 15) is 4.79 Å². The minimum Gasteiger partial charge on any atom is -0.351 e. The number of aromatic amines is 1. The summed E-state index contributed by atoms with van der Waals surface area (Å²) in [6, 6.07) is 0. The van der Waals surface area contributed by atoms with Crippen LogP contribution in [0.2, 0.25) is 5.02 Å². The monoisotopic (exact) mass is 187 g/mol. The number of halogens is 1. The molecule has 1 amide bonds. The minimum atomic E-state index is -0.209. The first-order valence-corrected chi connectivity index (χ1v) is 4.10. The van der Waals surface area contributed by atoms with Crippen molar-refractivity contribution in [3.63, 3.8) is 0 Å². The fraction of sp³-hybridized carbons (Fsp3) is 0.429. The van der Waals surface area contributed by atoms with E-state index in [2.05, 4.69) is 15.5 Å². The van der Waals surface area contributed by atoms with Crippen LogP contribution < -0.4 is 5.32 Å². The van der Waals surface area contributed by atoms with Gasteiger partial charge < -0.3 is 5.32 Å². The molecule has 0 unspecified atom stereocenters. The maximum absolute atomic E-state index is 11.2. The molecule has 66 valence electrons. The zero-order valence-electron chi connectivity index (χ0n) is 6.72. The summed E-state index contributed by atoms with van der Waals surface area (Å²) in [4.78, 5) is 11.2. The Balaban J connectivity index is 2.59. The highest BCUT2D eigenvalue weighted by Crippen LogP contribution is 2.10. The van der Waals surface area contributed by atoms with Gasteiger partial charge in [0.2, 0.25) is 0 Å². The van der Waals surface area contributed by atoms with Gasteiger partial charge in [0.15, 0.2) is 0 Å². The molecule has 4 nitrogen and oxygen atoms in total. The summed E-state index contributed by atoms with van der Waals surface area (Å²) in [6.07, 6.45) is 2.31. The quantitative estimate of drug-likeness (QED) is 0.747. The molecule has 1 aromatic rings. The molecule has 0 aromatic carbocycles. The second-order valence-corrected chi connectivity index (χ2v) is 2.76. The number of amides is 1. The lowest BCUT2D eigenvalue weighted by molar-refractivity contribution is 0.0949. The molecule has 2 N–H and O–H groups in total. The van der Waals surface area contributed by atoms with Crippen LogP contribution >= 0.6 is 11.6 Å². The van der Waals surface area contributed by atoms with Crippen LogP contribution in [0.25, 0.3) is 0 Å². The van der Waals surface area contributed by atoms with Crippen LogP contribution in [0.4, 0.5) is 0 Å². The first-order valence-electron chi connectivity index (χ1n) is 3.72. The minimum absolute atomic E-state index is 0.209. The third-order valence-corrected chi connectivity index (χ3v) is 1.64. The standard InChI is InChI=1S/C7H10ClN3O/c1-2-3-9-7(12)6-5(8)4-10-11-6/h4H,2-3H2,1H3,(H,9,12)(H,10,11). The van der Waals surface area contributed by atoms with Gasteiger partial charge in [-0.3, -0.25) is 9.89 Å². The normalized spacial score (nSPS) is 9.83. The summed E-state index contributed by atoms with van der Waals surface area (Å²) in [6.45, 7) is 2.63. The van der Waals surface area contributed by atoms with E-state index in [0.29, 0.717) is 17.3 Å². The van der Waals surface area contributed by atoms with Crippen LogP contribution in [0.5, 0.6) is 0 Å². The number of rotatable bonds is 3. The smallest absolute Gasteiger partial charge is 0.270 e. The number of hydrogen-bond acceptors (Lipinski definition) is 2. The maximum Gasteiger partial charge on any atom is 0.270 e. The number of carbonyl (C=O) groups excluding carboxylic acids is 1. The number of nitrogens with zero attached hydrogens (tertiary/aromatic N) is 1. The molecule has 12 heavy (non-hydrogen) atoms. The topological polar surface area (TPSA) is 57.8 Å². The Kier molecular flexibility index (Phi) is 3.10. The molecule has 0 aliphatic heterocycles. The molecule has 0 aliphatic rings. The molecule has 0 bridgehead atoms. The number of nitrogens with one attached hydrogen (secondary N) is 2. The molecule has 1 heterocycles. The van der Waals surface area contributed by atoms with Crippen molar-refractivity contribution in [3.05, 3.63) is 16.9 Å². The van der Waals surface area contributed by atoms with Crippen LogP contribution in [0.15, 0.2) is 6.20 Å². The van der Waals surface area contributed by atoms with Gasteiger partial charge in [-0.1, -0.05) is 18.5 Å². The Morgan fingerprint density at radius 3 is 3.08 bits per heavy atom. The number of H-pyrrole nitrogens is 1. The summed E-state index contributed by atoms with van der Waals surface area (Å²) < 4.78 is 0. The van der Waals surface area contributed by atoms with Gasteiger partial charge in [-0.05, 0) is 6.42 Å². The molecular weight excluding hydrogens is 178 g/mol. The van der Waals surface area contributed by atoms with Crippen molar-refractivity contribution < 1.29 is 4.79 Å². The Hall–Kier alpha value is -1.03. The number of aromatic nitrogens is 2. The molecule has 0 spiro atoms. The average molecular weight is 188 g/mol. The van der Waals surface area contributed by atoms with Crippen LogP contribution in [0.1, 0.15) is 23.8 Å². The van der Waals surface area contributed by atoms with Gasteiger partial charge >= 0.3 is 0 Å². The fourth-order valence-electron chi connectivity index (χ4n) is 0.758. The molecule has 5 heteroatoms. The first-order chi connectivity index (χ1) is 5.75. The third kappa shape index (κ3) is 1.98. The van der Waals surface area contributed by atoms with Crippen molar-refractivity contribution in [2.24, 2.45) is 0 Å². The lowest BCUT2D eigenvalue weighted by Crippen LogP contribution is -2.24. The van der Waals surface area contributed by atoms with E-state index in [1.54, 1.807) is 0 Å². The predicted molar refractivity (Wildman–Crippen MR) is 46.2 cm³/mol. The molecule has 0 fully saturated rings. The maximum atomic E-state index is 11.2. The van der Waals surface area contributed by atoms with Crippen molar-refractivity contribution in [3.8, 4) is 0 Å². The predicted octanol–water partition coefficient (Wildman–Crippen LogP) is 1.20. The van der Waals surface area contributed by atoms with E-state index >= 15 is 0 Å². The van der Waals surface area contributed by atoms with Crippen molar-refractivity contribution in [1.82, 2.24) is 15.5 Å². The van der Waals surface area contributed by atoms with Gasteiger partial charge in [-0.25, -0.2) is 0 Å². The Bertz CT molecular complexity index is 271. The van der Waals surface area contributed by atoms with E-state index in [1.165, 1.54) is 6.20 Å². The molecule has 1 rings (SSSR count). The van der Waals surface area contributed by atoms with Crippen molar-refractivity contribution in [1.29, 1.82) is 0 Å². The van der Waals surface area contributed by atoms with Crippen LogP contribution in [0.3, 0.4) is 0 Å². The molecule has 0 saturated heterocycles. The summed E-state index contributed by atoms with van der Waals surface area (Å²) in [5.41, 5.74) is 0.324. The van der Waals surface area contributed by atoms with Crippen LogP contribution in [-0.2, 0) is 0 Å². The van der Waals surface area contributed by atoms with E-state index in [1.807, 2.05) is 6.92 Å². The molecule has 0 atom stereocenters. The summed E-state index contributed by atoms with van der Waals surface area (Å²) >= 11 is 5.66. The van der Waals surface area contributed by atoms with Crippen molar-refractivity contribution in [2.75, 3.05) is 6.54 Å². The van der Waals surface area contributed by atoms with Gasteiger partial charge in [-0.15, -0.1) is 0 Å². The molecule has 0 aliphatic carbocycles. The fourth-order valence-corrected chi connectivity index (χ4v) is 0.934. The Morgan fingerprint density at radius 1 is 1.83 bits per heavy atom. The molecule has 0 saturated carbocycles. The first kappa shape index (κ1) is 9.06. The van der Waals surface area contributed by atoms with Crippen LogP contribution in [-0.4, -0.2) is 22.6 Å². The Labute approximate surface area is 75.3 Å². The van der Waals surface area contributed by atoms with Crippen molar-refractivity contribution >= 4 is 17.5 Å². The van der Waals surface area contributed by atoms with Crippen LogP contribution in [0, 0.1) is 0 Å². The Morgan fingerprint density at radius 2 is 2.58 bits per heavy atom. The molecule has 1 aromatic heterocycles. The highest BCUT2D eigenvalue weighted by Gasteiger charge is 2.10. The molecular formula is C7H10ClN3O. The third-order valence-electron chi connectivity index (χ3n) is 1.36. The number of carbonyl (C=O) groups is 1. The second kappa shape index (κ2) is 4.11. The lowest BCUT2D eigenvalue weighted by Gasteiger charge is -1.99.